The highest BCUT2D eigenvalue weighted by molar-refractivity contribution is 6.31. The van der Waals surface area contributed by atoms with Crippen LogP contribution in [-0.4, -0.2) is 22.0 Å². The fourth-order valence-electron chi connectivity index (χ4n) is 2.83. The maximum Gasteiger partial charge on any atom is 0.349 e. The molecule has 1 heterocycles. The van der Waals surface area contributed by atoms with Crippen molar-refractivity contribution in [3.05, 3.63) is 64.0 Å². The van der Waals surface area contributed by atoms with Gasteiger partial charge in [-0.2, -0.15) is 4.98 Å². The zero-order valence-corrected chi connectivity index (χ0v) is 15.3. The van der Waals surface area contributed by atoms with E-state index in [2.05, 4.69) is 17.2 Å². The molecule has 0 unspecified atom stereocenters. The van der Waals surface area contributed by atoms with Crippen molar-refractivity contribution in [1.29, 1.82) is 0 Å². The number of nitrogens with zero attached hydrogens (tertiary/aromatic N) is 2. The van der Waals surface area contributed by atoms with Crippen LogP contribution < -0.4 is 11.0 Å². The van der Waals surface area contributed by atoms with Gasteiger partial charge in [-0.1, -0.05) is 55.3 Å². The van der Waals surface area contributed by atoms with Crippen molar-refractivity contribution in [3.63, 3.8) is 0 Å². The Kier molecular flexibility index (Phi) is 5.68. The summed E-state index contributed by atoms with van der Waals surface area (Å²) in [5.74, 6) is -0.203. The van der Waals surface area contributed by atoms with Gasteiger partial charge in [-0.25, -0.2) is 4.79 Å². The first-order chi connectivity index (χ1) is 12.6. The van der Waals surface area contributed by atoms with Crippen molar-refractivity contribution in [2.75, 3.05) is 6.54 Å². The molecular formula is C20H20ClN3O2. The fraction of sp³-hybridized carbons (Fsp3) is 0.250. The Morgan fingerprint density at radius 3 is 2.69 bits per heavy atom. The molecular weight excluding hydrogens is 350 g/mol. The van der Waals surface area contributed by atoms with Gasteiger partial charge in [0.25, 0.3) is 0 Å². The minimum absolute atomic E-state index is 0.0667. The summed E-state index contributed by atoms with van der Waals surface area (Å²) >= 11 is 6.17. The van der Waals surface area contributed by atoms with E-state index in [1.807, 2.05) is 30.3 Å². The van der Waals surface area contributed by atoms with E-state index < -0.39 is 5.69 Å². The van der Waals surface area contributed by atoms with Crippen LogP contribution in [0.3, 0.4) is 0 Å². The lowest BCUT2D eigenvalue weighted by Crippen LogP contribution is -2.34. The molecule has 0 bridgehead atoms. The number of halogens is 1. The predicted molar refractivity (Wildman–Crippen MR) is 104 cm³/mol. The van der Waals surface area contributed by atoms with E-state index in [0.29, 0.717) is 22.8 Å². The third-order valence-electron chi connectivity index (χ3n) is 4.14. The average Bonchev–Trinajstić information content (AvgIpc) is 2.64. The second kappa shape index (κ2) is 8.15. The topological polar surface area (TPSA) is 64.0 Å². The SMILES string of the molecule is CCCCNC(=O)Cn1c(=O)nc(-c2ccccc2)c2cc(Cl)ccc21. The summed E-state index contributed by atoms with van der Waals surface area (Å²) in [5, 5.41) is 4.12. The highest BCUT2D eigenvalue weighted by Gasteiger charge is 2.14. The third kappa shape index (κ3) is 3.94. The normalized spacial score (nSPS) is 10.8. The maximum absolute atomic E-state index is 12.6. The van der Waals surface area contributed by atoms with Crippen LogP contribution in [0.25, 0.3) is 22.2 Å². The van der Waals surface area contributed by atoms with Crippen LogP contribution in [0.5, 0.6) is 0 Å². The Balaban J connectivity index is 2.07. The van der Waals surface area contributed by atoms with Crippen molar-refractivity contribution in [1.82, 2.24) is 14.9 Å². The first-order valence-corrected chi connectivity index (χ1v) is 9.00. The molecule has 0 aliphatic carbocycles. The van der Waals surface area contributed by atoms with Crippen molar-refractivity contribution in [2.45, 2.75) is 26.3 Å². The Morgan fingerprint density at radius 2 is 1.96 bits per heavy atom. The molecule has 0 saturated heterocycles. The number of aromatic nitrogens is 2. The number of rotatable bonds is 6. The number of carbonyl (C=O) groups is 1. The largest absolute Gasteiger partial charge is 0.355 e. The molecule has 6 heteroatoms. The fourth-order valence-corrected chi connectivity index (χ4v) is 3.00. The average molecular weight is 370 g/mol. The van der Waals surface area contributed by atoms with Gasteiger partial charge >= 0.3 is 5.69 Å². The van der Waals surface area contributed by atoms with E-state index in [9.17, 15) is 9.59 Å². The van der Waals surface area contributed by atoms with Gasteiger partial charge in [0.2, 0.25) is 5.91 Å². The van der Waals surface area contributed by atoms with Crippen molar-refractivity contribution < 1.29 is 4.79 Å². The summed E-state index contributed by atoms with van der Waals surface area (Å²) < 4.78 is 1.39. The summed E-state index contributed by atoms with van der Waals surface area (Å²) in [7, 11) is 0. The molecule has 3 rings (SSSR count). The van der Waals surface area contributed by atoms with Gasteiger partial charge in [0.1, 0.15) is 6.54 Å². The van der Waals surface area contributed by atoms with Crippen LogP contribution in [0.15, 0.2) is 53.3 Å². The Bertz CT molecular complexity index is 984. The molecule has 1 N–H and O–H groups in total. The molecule has 0 aliphatic heterocycles. The Labute approximate surface area is 156 Å². The summed E-state index contributed by atoms with van der Waals surface area (Å²) in [4.78, 5) is 29.0. The lowest BCUT2D eigenvalue weighted by Gasteiger charge is -2.13. The molecule has 1 amide bonds. The zero-order valence-electron chi connectivity index (χ0n) is 14.5. The van der Waals surface area contributed by atoms with Crippen LogP contribution in [0.2, 0.25) is 5.02 Å². The van der Waals surface area contributed by atoms with Gasteiger partial charge in [-0.3, -0.25) is 9.36 Å². The van der Waals surface area contributed by atoms with Gasteiger partial charge in [0.05, 0.1) is 11.2 Å². The van der Waals surface area contributed by atoms with Gasteiger partial charge in [-0.15, -0.1) is 0 Å². The molecule has 0 fully saturated rings. The number of unbranched alkanes of at least 4 members (excludes halogenated alkanes) is 1. The van der Waals surface area contributed by atoms with Gasteiger partial charge in [-0.05, 0) is 24.6 Å². The lowest BCUT2D eigenvalue weighted by atomic mass is 10.1. The van der Waals surface area contributed by atoms with Crippen LogP contribution in [0.1, 0.15) is 19.8 Å². The molecule has 2 aromatic carbocycles. The minimum atomic E-state index is -0.454. The standard InChI is InChI=1S/C20H20ClN3O2/c1-2-3-11-22-18(25)13-24-17-10-9-15(21)12-16(17)19(23-20(24)26)14-7-5-4-6-8-14/h4-10,12H,2-3,11,13H2,1H3,(H,22,25). The molecule has 3 aromatic rings. The predicted octanol–water partition coefficient (Wildman–Crippen LogP) is 3.63. The van der Waals surface area contributed by atoms with Gasteiger partial charge < -0.3 is 5.32 Å². The van der Waals surface area contributed by atoms with E-state index in [1.165, 1.54) is 4.57 Å². The number of hydrogen-bond acceptors (Lipinski definition) is 3. The lowest BCUT2D eigenvalue weighted by molar-refractivity contribution is -0.121. The number of hydrogen-bond donors (Lipinski definition) is 1. The molecule has 0 saturated carbocycles. The second-order valence-electron chi connectivity index (χ2n) is 6.06. The Morgan fingerprint density at radius 1 is 1.19 bits per heavy atom. The minimum Gasteiger partial charge on any atom is -0.355 e. The monoisotopic (exact) mass is 369 g/mol. The van der Waals surface area contributed by atoms with E-state index in [0.717, 1.165) is 23.8 Å². The molecule has 1 aromatic heterocycles. The smallest absolute Gasteiger partial charge is 0.349 e. The third-order valence-corrected chi connectivity index (χ3v) is 4.38. The van der Waals surface area contributed by atoms with Gasteiger partial charge in [0, 0.05) is 22.5 Å². The van der Waals surface area contributed by atoms with Crippen molar-refractivity contribution in [2.24, 2.45) is 0 Å². The Hall–Kier alpha value is -2.66. The highest BCUT2D eigenvalue weighted by atomic mass is 35.5. The molecule has 0 radical (unpaired) electrons. The highest BCUT2D eigenvalue weighted by Crippen LogP contribution is 2.27. The zero-order chi connectivity index (χ0) is 18.5. The summed E-state index contributed by atoms with van der Waals surface area (Å²) in [6.07, 6.45) is 1.90. The molecule has 5 nitrogen and oxygen atoms in total. The van der Waals surface area contributed by atoms with Crippen LogP contribution in [-0.2, 0) is 11.3 Å². The molecule has 134 valence electrons. The molecule has 26 heavy (non-hydrogen) atoms. The summed E-state index contributed by atoms with van der Waals surface area (Å²) in [5.41, 5.74) is 1.58. The quantitative estimate of drug-likeness (QED) is 0.675. The maximum atomic E-state index is 12.6. The second-order valence-corrected chi connectivity index (χ2v) is 6.50. The number of carbonyl (C=O) groups excluding carboxylic acids is 1. The number of amides is 1. The van der Waals surface area contributed by atoms with E-state index in [-0.39, 0.29) is 12.5 Å². The first-order valence-electron chi connectivity index (χ1n) is 8.62. The molecule has 0 aliphatic rings. The van der Waals surface area contributed by atoms with Crippen molar-refractivity contribution >= 4 is 28.4 Å². The van der Waals surface area contributed by atoms with Crippen molar-refractivity contribution in [3.8, 4) is 11.3 Å². The number of nitrogens with one attached hydrogen (secondary N) is 1. The summed E-state index contributed by atoms with van der Waals surface area (Å²) in [6.45, 7) is 2.59. The van der Waals surface area contributed by atoms with E-state index in [4.69, 9.17) is 11.6 Å². The number of benzene rings is 2. The molecule has 0 atom stereocenters. The van der Waals surface area contributed by atoms with E-state index in [1.54, 1.807) is 18.2 Å². The van der Waals surface area contributed by atoms with Crippen LogP contribution in [0.4, 0.5) is 0 Å². The molecule has 0 spiro atoms. The van der Waals surface area contributed by atoms with Crippen LogP contribution in [0, 0.1) is 0 Å². The number of fused-ring (bicyclic) bond motifs is 1. The summed E-state index contributed by atoms with van der Waals surface area (Å²) in [6, 6.07) is 14.7. The van der Waals surface area contributed by atoms with E-state index >= 15 is 0 Å². The van der Waals surface area contributed by atoms with Gasteiger partial charge in [0.15, 0.2) is 0 Å². The van der Waals surface area contributed by atoms with Crippen LogP contribution >= 0.6 is 11.6 Å². The first kappa shape index (κ1) is 18.1.